The number of aliphatic hydroxyl groups excluding tert-OH is 1. The van der Waals surface area contributed by atoms with Crippen LogP contribution in [0.3, 0.4) is 0 Å². The lowest BCUT2D eigenvalue weighted by Crippen LogP contribution is -2.31. The molecule has 2 N–H and O–H groups in total. The first-order valence-corrected chi connectivity index (χ1v) is 8.40. The third kappa shape index (κ3) is 4.38. The lowest BCUT2D eigenvalue weighted by Gasteiger charge is -2.17. The summed E-state index contributed by atoms with van der Waals surface area (Å²) in [5.74, 6) is 1.19. The smallest absolute Gasteiger partial charge is 0.0928 e. The van der Waals surface area contributed by atoms with Crippen molar-refractivity contribution in [2.24, 2.45) is 0 Å². The first kappa shape index (κ1) is 15.2. The molecule has 0 heterocycles. The summed E-state index contributed by atoms with van der Waals surface area (Å²) in [5, 5.41) is 15.1. The van der Waals surface area contributed by atoms with Crippen LogP contribution in [0.15, 0.2) is 24.3 Å². The maximum atomic E-state index is 10.2. The fraction of sp³-hybridized carbons (Fsp3) is 0.600. The van der Waals surface area contributed by atoms with E-state index in [0.717, 1.165) is 10.8 Å². The molecule has 1 aliphatic carbocycles. The molecule has 0 aliphatic heterocycles. The van der Waals surface area contributed by atoms with Crippen molar-refractivity contribution >= 4 is 23.4 Å². The Hall–Kier alpha value is -0.220. The number of nitrogens with one attached hydrogen (secondary N) is 1. The van der Waals surface area contributed by atoms with E-state index in [9.17, 15) is 5.11 Å². The Morgan fingerprint density at radius 2 is 2.21 bits per heavy atom. The monoisotopic (exact) mass is 299 g/mol. The van der Waals surface area contributed by atoms with E-state index in [0.29, 0.717) is 17.6 Å². The van der Waals surface area contributed by atoms with Gasteiger partial charge in [0.1, 0.15) is 0 Å². The zero-order valence-electron chi connectivity index (χ0n) is 11.3. The van der Waals surface area contributed by atoms with Crippen molar-refractivity contribution in [1.29, 1.82) is 0 Å². The second kappa shape index (κ2) is 7.53. The number of halogens is 1. The van der Waals surface area contributed by atoms with Crippen LogP contribution in [0.25, 0.3) is 0 Å². The molecule has 3 unspecified atom stereocenters. The maximum absolute atomic E-state index is 10.2. The van der Waals surface area contributed by atoms with E-state index in [1.807, 2.05) is 24.3 Å². The summed E-state index contributed by atoms with van der Waals surface area (Å²) in [6.07, 6.45) is 3.20. The molecule has 0 radical (unpaired) electrons. The highest BCUT2D eigenvalue weighted by molar-refractivity contribution is 7.99. The third-order valence-electron chi connectivity index (χ3n) is 3.65. The Labute approximate surface area is 124 Å². The average Bonchev–Trinajstić information content (AvgIpc) is 2.85. The normalized spacial score (nSPS) is 24.6. The number of rotatable bonds is 6. The minimum Gasteiger partial charge on any atom is -0.387 e. The predicted octanol–water partition coefficient (Wildman–Crippen LogP) is 3.64. The molecular formula is C15H22ClNOS. The van der Waals surface area contributed by atoms with Gasteiger partial charge in [0, 0.05) is 28.4 Å². The Balaban J connectivity index is 1.78. The van der Waals surface area contributed by atoms with E-state index in [4.69, 9.17) is 11.6 Å². The van der Waals surface area contributed by atoms with E-state index in [1.165, 1.54) is 25.0 Å². The molecule has 2 rings (SSSR count). The van der Waals surface area contributed by atoms with Gasteiger partial charge in [-0.2, -0.15) is 11.8 Å². The molecule has 1 saturated carbocycles. The van der Waals surface area contributed by atoms with E-state index >= 15 is 0 Å². The molecule has 1 aromatic rings. The van der Waals surface area contributed by atoms with Crippen LogP contribution in [0.5, 0.6) is 0 Å². The van der Waals surface area contributed by atoms with Gasteiger partial charge in [-0.1, -0.05) is 36.7 Å². The summed E-state index contributed by atoms with van der Waals surface area (Å²) in [6, 6.07) is 8.05. The van der Waals surface area contributed by atoms with Crippen molar-refractivity contribution in [1.82, 2.24) is 5.32 Å². The first-order valence-electron chi connectivity index (χ1n) is 6.98. The van der Waals surface area contributed by atoms with Crippen molar-refractivity contribution in [2.45, 2.75) is 43.6 Å². The number of benzene rings is 1. The highest BCUT2D eigenvalue weighted by Gasteiger charge is 2.24. The largest absolute Gasteiger partial charge is 0.387 e. The van der Waals surface area contributed by atoms with Gasteiger partial charge in [-0.3, -0.25) is 0 Å². The molecule has 0 amide bonds. The molecule has 1 aromatic carbocycles. The highest BCUT2D eigenvalue weighted by Crippen LogP contribution is 2.30. The van der Waals surface area contributed by atoms with Gasteiger partial charge in [0.15, 0.2) is 0 Å². The van der Waals surface area contributed by atoms with Gasteiger partial charge >= 0.3 is 0 Å². The zero-order chi connectivity index (χ0) is 13.7. The van der Waals surface area contributed by atoms with Crippen molar-refractivity contribution in [3.05, 3.63) is 34.9 Å². The summed E-state index contributed by atoms with van der Waals surface area (Å²) in [6.45, 7) is 2.80. The number of thioether (sulfide) groups is 1. The minimum absolute atomic E-state index is 0.522. The fourth-order valence-electron chi connectivity index (χ4n) is 2.65. The zero-order valence-corrected chi connectivity index (χ0v) is 12.9. The second-order valence-electron chi connectivity index (χ2n) is 5.03. The first-order chi connectivity index (χ1) is 9.20. The van der Waals surface area contributed by atoms with E-state index < -0.39 is 6.10 Å². The quantitative estimate of drug-likeness (QED) is 0.841. The standard InChI is InChI=1S/C15H22ClNOS/c1-2-19-12-8-7-11(9-12)17-10-15(18)13-5-3-4-6-14(13)16/h3-6,11-12,15,17-18H,2,7-10H2,1H3. The van der Waals surface area contributed by atoms with Crippen molar-refractivity contribution in [3.63, 3.8) is 0 Å². The second-order valence-corrected chi connectivity index (χ2v) is 7.02. The number of aliphatic hydroxyl groups is 1. The van der Waals surface area contributed by atoms with Crippen LogP contribution >= 0.6 is 23.4 Å². The van der Waals surface area contributed by atoms with Crippen LogP contribution in [0.1, 0.15) is 37.9 Å². The van der Waals surface area contributed by atoms with Crippen LogP contribution in [0, 0.1) is 0 Å². The molecule has 2 nitrogen and oxygen atoms in total. The van der Waals surface area contributed by atoms with Gasteiger partial charge in [0.05, 0.1) is 6.10 Å². The molecule has 0 saturated heterocycles. The van der Waals surface area contributed by atoms with Crippen LogP contribution in [-0.4, -0.2) is 28.7 Å². The minimum atomic E-state index is -0.522. The molecular weight excluding hydrogens is 278 g/mol. The van der Waals surface area contributed by atoms with Gasteiger partial charge in [0.25, 0.3) is 0 Å². The summed E-state index contributed by atoms with van der Waals surface area (Å²) < 4.78 is 0. The van der Waals surface area contributed by atoms with Crippen molar-refractivity contribution in [3.8, 4) is 0 Å². The summed E-state index contributed by atoms with van der Waals surface area (Å²) in [5.41, 5.74) is 0.814. The van der Waals surface area contributed by atoms with Gasteiger partial charge in [-0.15, -0.1) is 0 Å². The van der Waals surface area contributed by atoms with Crippen LogP contribution in [0.2, 0.25) is 5.02 Å². The fourth-order valence-corrected chi connectivity index (χ4v) is 4.05. The van der Waals surface area contributed by atoms with Gasteiger partial charge in [0.2, 0.25) is 0 Å². The lowest BCUT2D eigenvalue weighted by atomic mass is 10.1. The average molecular weight is 300 g/mol. The maximum Gasteiger partial charge on any atom is 0.0928 e. The van der Waals surface area contributed by atoms with Crippen LogP contribution in [-0.2, 0) is 0 Å². The molecule has 0 spiro atoms. The van der Waals surface area contributed by atoms with E-state index in [1.54, 1.807) is 0 Å². The molecule has 0 aromatic heterocycles. The Morgan fingerprint density at radius 3 is 2.95 bits per heavy atom. The molecule has 4 heteroatoms. The third-order valence-corrected chi connectivity index (χ3v) is 5.23. The lowest BCUT2D eigenvalue weighted by molar-refractivity contribution is 0.170. The summed E-state index contributed by atoms with van der Waals surface area (Å²) in [7, 11) is 0. The van der Waals surface area contributed by atoms with Gasteiger partial charge in [-0.05, 0) is 31.1 Å². The Kier molecular flexibility index (Phi) is 6.02. The van der Waals surface area contributed by atoms with Crippen molar-refractivity contribution in [2.75, 3.05) is 12.3 Å². The van der Waals surface area contributed by atoms with Crippen LogP contribution < -0.4 is 5.32 Å². The molecule has 1 fully saturated rings. The SMILES string of the molecule is CCSC1CCC(NCC(O)c2ccccc2Cl)C1. The Bertz CT molecular complexity index is 401. The van der Waals surface area contributed by atoms with Gasteiger partial charge < -0.3 is 10.4 Å². The molecule has 106 valence electrons. The number of hydrogen-bond acceptors (Lipinski definition) is 3. The van der Waals surface area contributed by atoms with Crippen molar-refractivity contribution < 1.29 is 5.11 Å². The van der Waals surface area contributed by atoms with E-state index in [2.05, 4.69) is 24.0 Å². The predicted molar refractivity (Wildman–Crippen MR) is 84.0 cm³/mol. The molecule has 0 bridgehead atoms. The summed E-state index contributed by atoms with van der Waals surface area (Å²) >= 11 is 8.14. The molecule has 1 aliphatic rings. The van der Waals surface area contributed by atoms with Gasteiger partial charge in [-0.25, -0.2) is 0 Å². The van der Waals surface area contributed by atoms with E-state index in [-0.39, 0.29) is 0 Å². The highest BCUT2D eigenvalue weighted by atomic mass is 35.5. The number of hydrogen-bond donors (Lipinski definition) is 2. The molecule has 19 heavy (non-hydrogen) atoms. The topological polar surface area (TPSA) is 32.3 Å². The van der Waals surface area contributed by atoms with Crippen LogP contribution in [0.4, 0.5) is 0 Å². The Morgan fingerprint density at radius 1 is 1.42 bits per heavy atom. The summed E-state index contributed by atoms with van der Waals surface area (Å²) in [4.78, 5) is 0. The molecule has 3 atom stereocenters.